The zero-order chi connectivity index (χ0) is 18.9. The molecule has 0 spiro atoms. The largest absolute Gasteiger partial charge is 0.361 e. The number of thiazole rings is 1. The molecule has 0 radical (unpaired) electrons. The monoisotopic (exact) mass is 428 g/mol. The van der Waals surface area contributed by atoms with Gasteiger partial charge in [-0.05, 0) is 55.2 Å². The number of amidine groups is 1. The minimum Gasteiger partial charge on any atom is -0.361 e. The maximum absolute atomic E-state index is 6.05. The van der Waals surface area contributed by atoms with E-state index in [0.717, 1.165) is 45.6 Å². The van der Waals surface area contributed by atoms with Crippen LogP contribution in [0, 0.1) is 0 Å². The number of nitrogens with one attached hydrogen (secondary N) is 1. The number of benzene rings is 2. The van der Waals surface area contributed by atoms with Crippen molar-refractivity contribution in [2.45, 2.75) is 25.3 Å². The molecular formula is C21H21ClN4S2. The van der Waals surface area contributed by atoms with Crippen LogP contribution in [0.3, 0.4) is 0 Å². The first kappa shape index (κ1) is 18.3. The van der Waals surface area contributed by atoms with Crippen LogP contribution in [0.2, 0.25) is 5.02 Å². The molecule has 144 valence electrons. The molecule has 0 aliphatic carbocycles. The summed E-state index contributed by atoms with van der Waals surface area (Å²) < 4.78 is 1.11. The second kappa shape index (κ2) is 7.93. The summed E-state index contributed by atoms with van der Waals surface area (Å²) in [6, 6.07) is 15.2. The summed E-state index contributed by atoms with van der Waals surface area (Å²) in [4.78, 5) is 12.0. The first-order valence-corrected chi connectivity index (χ1v) is 11.8. The lowest BCUT2D eigenvalue weighted by Gasteiger charge is -2.16. The Balaban J connectivity index is 1.18. The molecule has 1 atom stereocenters. The highest BCUT2D eigenvalue weighted by Crippen LogP contribution is 2.33. The summed E-state index contributed by atoms with van der Waals surface area (Å²) in [7, 11) is 0. The number of fused-ring (bicyclic) bond motifs is 2. The molecule has 28 heavy (non-hydrogen) atoms. The Bertz CT molecular complexity index is 1010. The summed E-state index contributed by atoms with van der Waals surface area (Å²) >= 11 is 9.59. The van der Waals surface area contributed by atoms with E-state index in [2.05, 4.69) is 39.5 Å². The van der Waals surface area contributed by atoms with Crippen molar-refractivity contribution in [2.24, 2.45) is 4.99 Å². The van der Waals surface area contributed by atoms with Crippen LogP contribution in [0.5, 0.6) is 0 Å². The van der Waals surface area contributed by atoms with Gasteiger partial charge in [0.15, 0.2) is 10.3 Å². The van der Waals surface area contributed by atoms with Gasteiger partial charge in [-0.1, -0.05) is 46.8 Å². The zero-order valence-electron chi connectivity index (χ0n) is 15.4. The molecule has 2 saturated heterocycles. The highest BCUT2D eigenvalue weighted by molar-refractivity contribution is 8.14. The first-order valence-electron chi connectivity index (χ1n) is 9.62. The molecular weight excluding hydrogens is 408 g/mol. The van der Waals surface area contributed by atoms with Crippen LogP contribution in [-0.2, 0) is 6.42 Å². The smallest absolute Gasteiger partial charge is 0.183 e. The molecule has 1 aromatic heterocycles. The Morgan fingerprint density at radius 2 is 2.11 bits per heavy atom. The molecule has 5 rings (SSSR count). The van der Waals surface area contributed by atoms with E-state index in [4.69, 9.17) is 16.6 Å². The van der Waals surface area contributed by atoms with E-state index < -0.39 is 0 Å². The second-order valence-electron chi connectivity index (χ2n) is 7.17. The predicted molar refractivity (Wildman–Crippen MR) is 123 cm³/mol. The number of hydrogen-bond acceptors (Lipinski definition) is 5. The van der Waals surface area contributed by atoms with Gasteiger partial charge in [0.25, 0.3) is 0 Å². The van der Waals surface area contributed by atoms with Gasteiger partial charge in [0.2, 0.25) is 0 Å². The van der Waals surface area contributed by atoms with Crippen molar-refractivity contribution in [3.05, 3.63) is 53.1 Å². The number of hydrogen-bond donors (Lipinski definition) is 1. The number of halogens is 1. The summed E-state index contributed by atoms with van der Waals surface area (Å²) in [5.74, 6) is 1.19. The molecule has 2 aliphatic heterocycles. The third-order valence-electron chi connectivity index (χ3n) is 5.23. The number of nitrogens with zero attached hydrogens (tertiary/aromatic N) is 3. The topological polar surface area (TPSA) is 40.5 Å². The second-order valence-corrected chi connectivity index (χ2v) is 9.62. The van der Waals surface area contributed by atoms with Crippen LogP contribution in [0.25, 0.3) is 10.2 Å². The van der Waals surface area contributed by atoms with E-state index in [1.165, 1.54) is 29.3 Å². The molecule has 0 amide bonds. The van der Waals surface area contributed by atoms with E-state index in [0.29, 0.717) is 6.04 Å². The van der Waals surface area contributed by atoms with Gasteiger partial charge in [0.05, 0.1) is 15.9 Å². The van der Waals surface area contributed by atoms with E-state index >= 15 is 0 Å². The summed E-state index contributed by atoms with van der Waals surface area (Å²) in [5.41, 5.74) is 3.35. The summed E-state index contributed by atoms with van der Waals surface area (Å²) in [5, 5.41) is 6.32. The molecule has 4 nitrogen and oxygen atoms in total. The maximum atomic E-state index is 6.05. The average molecular weight is 429 g/mol. The van der Waals surface area contributed by atoms with Gasteiger partial charge in [-0.3, -0.25) is 0 Å². The Labute approximate surface area is 178 Å². The summed E-state index contributed by atoms with van der Waals surface area (Å²) in [6.07, 6.45) is 3.58. The van der Waals surface area contributed by atoms with E-state index in [1.807, 2.05) is 30.0 Å². The maximum Gasteiger partial charge on any atom is 0.183 e. The van der Waals surface area contributed by atoms with Crippen molar-refractivity contribution in [1.82, 2.24) is 9.88 Å². The number of thioether (sulfide) groups is 1. The van der Waals surface area contributed by atoms with Crippen LogP contribution in [0.1, 0.15) is 18.4 Å². The van der Waals surface area contributed by atoms with Crippen molar-refractivity contribution < 1.29 is 0 Å². The fraction of sp³-hybridized carbons (Fsp3) is 0.333. The Morgan fingerprint density at radius 1 is 1.21 bits per heavy atom. The predicted octanol–water partition coefficient (Wildman–Crippen LogP) is 5.80. The minimum absolute atomic E-state index is 0.715. The van der Waals surface area contributed by atoms with Crippen molar-refractivity contribution >= 4 is 60.9 Å². The lowest BCUT2D eigenvalue weighted by Crippen LogP contribution is -2.27. The van der Waals surface area contributed by atoms with Crippen molar-refractivity contribution in [3.63, 3.8) is 0 Å². The molecule has 7 heteroatoms. The van der Waals surface area contributed by atoms with Crippen molar-refractivity contribution in [1.29, 1.82) is 0 Å². The van der Waals surface area contributed by atoms with Gasteiger partial charge in [0, 0.05) is 29.9 Å². The molecule has 0 unspecified atom stereocenters. The number of aromatic nitrogens is 1. The average Bonchev–Trinajstić information content (AvgIpc) is 3.40. The van der Waals surface area contributed by atoms with E-state index in [-0.39, 0.29) is 0 Å². The van der Waals surface area contributed by atoms with Crippen LogP contribution in [0.4, 0.5) is 10.8 Å². The molecule has 3 heterocycles. The van der Waals surface area contributed by atoms with E-state index in [9.17, 15) is 0 Å². The van der Waals surface area contributed by atoms with Gasteiger partial charge < -0.3 is 10.2 Å². The van der Waals surface area contributed by atoms with Gasteiger partial charge >= 0.3 is 0 Å². The molecule has 2 aromatic carbocycles. The molecule has 0 bridgehead atoms. The highest BCUT2D eigenvalue weighted by atomic mass is 35.5. The molecule has 0 saturated carbocycles. The standard InChI is InChI=1S/C21H21ClN4S2/c22-15-5-8-18-19(12-15)28-20(25-18)23-10-9-14-3-6-16(7-4-14)24-21-26-11-1-2-17(26)13-27-21/h3-8,12,17H,1-2,9-11,13H2,(H,23,25)/b24-21-/t17-/m0/s1. The fourth-order valence-corrected chi connectivity index (χ4v) is 6.18. The molecule has 2 fully saturated rings. The lowest BCUT2D eigenvalue weighted by molar-refractivity contribution is 0.440. The van der Waals surface area contributed by atoms with Crippen molar-refractivity contribution in [2.75, 3.05) is 24.2 Å². The fourth-order valence-electron chi connectivity index (χ4n) is 3.75. The zero-order valence-corrected chi connectivity index (χ0v) is 17.8. The Morgan fingerprint density at radius 3 is 3.00 bits per heavy atom. The number of rotatable bonds is 5. The van der Waals surface area contributed by atoms with Crippen LogP contribution >= 0.6 is 34.7 Å². The molecule has 3 aromatic rings. The normalized spacial score (nSPS) is 20.2. The van der Waals surface area contributed by atoms with E-state index in [1.54, 1.807) is 11.3 Å². The van der Waals surface area contributed by atoms with Crippen molar-refractivity contribution in [3.8, 4) is 0 Å². The van der Waals surface area contributed by atoms with Gasteiger partial charge in [0.1, 0.15) is 0 Å². The molecule has 1 N–H and O–H groups in total. The van der Waals surface area contributed by atoms with Crippen LogP contribution < -0.4 is 5.32 Å². The van der Waals surface area contributed by atoms with Crippen LogP contribution in [-0.4, -0.2) is 39.9 Å². The van der Waals surface area contributed by atoms with Gasteiger partial charge in [-0.15, -0.1) is 0 Å². The summed E-state index contributed by atoms with van der Waals surface area (Å²) in [6.45, 7) is 2.02. The quantitative estimate of drug-likeness (QED) is 0.557. The van der Waals surface area contributed by atoms with Crippen LogP contribution in [0.15, 0.2) is 47.5 Å². The lowest BCUT2D eigenvalue weighted by atomic mass is 10.1. The third-order valence-corrected chi connectivity index (χ3v) is 7.58. The SMILES string of the molecule is Clc1ccc2nc(NCCc3ccc(/N=C4\SC[C@@H]5CCCN45)cc3)sc2c1. The number of aliphatic imine (C=N–C) groups is 1. The minimum atomic E-state index is 0.715. The number of anilines is 1. The highest BCUT2D eigenvalue weighted by Gasteiger charge is 2.33. The molecule has 2 aliphatic rings. The Kier molecular flexibility index (Phi) is 5.18. The Hall–Kier alpha value is -1.76. The first-order chi connectivity index (χ1) is 13.7. The van der Waals surface area contributed by atoms with Gasteiger partial charge in [-0.2, -0.15) is 0 Å². The third kappa shape index (κ3) is 3.86. The van der Waals surface area contributed by atoms with Gasteiger partial charge in [-0.25, -0.2) is 9.98 Å².